The first-order valence-electron chi connectivity index (χ1n) is 7.92. The molecule has 0 bridgehead atoms. The first-order valence-corrected chi connectivity index (χ1v) is 7.92. The Kier molecular flexibility index (Phi) is 3.33. The molecule has 2 N–H and O–H groups in total. The van der Waals surface area contributed by atoms with Crippen molar-refractivity contribution in [2.45, 2.75) is 31.7 Å². The Morgan fingerprint density at radius 3 is 2.83 bits per heavy atom. The molecule has 0 spiro atoms. The fourth-order valence-electron chi connectivity index (χ4n) is 2.75. The van der Waals surface area contributed by atoms with Crippen molar-refractivity contribution in [2.24, 2.45) is 0 Å². The van der Waals surface area contributed by atoms with Crippen molar-refractivity contribution in [1.29, 1.82) is 0 Å². The van der Waals surface area contributed by atoms with Crippen LogP contribution < -0.4 is 5.32 Å². The minimum absolute atomic E-state index is 0.0618. The van der Waals surface area contributed by atoms with Crippen molar-refractivity contribution in [3.63, 3.8) is 0 Å². The Morgan fingerprint density at radius 2 is 2.09 bits per heavy atom. The lowest BCUT2D eigenvalue weighted by Crippen LogP contribution is -2.26. The topological polar surface area (TPSA) is 70.7 Å². The van der Waals surface area contributed by atoms with Gasteiger partial charge < -0.3 is 10.3 Å². The number of rotatable bonds is 4. The van der Waals surface area contributed by atoms with Gasteiger partial charge in [-0.05, 0) is 25.3 Å². The van der Waals surface area contributed by atoms with Gasteiger partial charge >= 0.3 is 0 Å². The minimum atomic E-state index is -0.130. The maximum Gasteiger partial charge on any atom is 0.255 e. The van der Waals surface area contributed by atoms with E-state index in [9.17, 15) is 4.79 Å². The van der Waals surface area contributed by atoms with Crippen LogP contribution in [0.5, 0.6) is 0 Å². The van der Waals surface area contributed by atoms with E-state index in [2.05, 4.69) is 20.3 Å². The molecule has 116 valence electrons. The van der Waals surface area contributed by atoms with Crippen LogP contribution in [-0.2, 0) is 0 Å². The van der Waals surface area contributed by atoms with Gasteiger partial charge in [-0.15, -0.1) is 0 Å². The number of aromatic amines is 1. The third-order valence-electron chi connectivity index (χ3n) is 4.29. The average Bonchev–Trinajstić information content (AvgIpc) is 3.34. The molecule has 0 radical (unpaired) electrons. The lowest BCUT2D eigenvalue weighted by molar-refractivity contribution is 0.0941. The normalized spacial score (nSPS) is 15.5. The summed E-state index contributed by atoms with van der Waals surface area (Å²) in [5.74, 6) is 0.385. The quantitative estimate of drug-likeness (QED) is 0.776. The number of H-pyrrole nitrogens is 1. The molecule has 2 aromatic heterocycles. The van der Waals surface area contributed by atoms with Crippen LogP contribution in [0.25, 0.3) is 11.2 Å². The van der Waals surface area contributed by atoms with Crippen LogP contribution in [0.3, 0.4) is 0 Å². The summed E-state index contributed by atoms with van der Waals surface area (Å²) in [6.45, 7) is 1.98. The zero-order valence-corrected chi connectivity index (χ0v) is 12.9. The molecule has 1 atom stereocenters. The molecule has 0 saturated heterocycles. The van der Waals surface area contributed by atoms with Gasteiger partial charge in [0, 0.05) is 12.1 Å². The van der Waals surface area contributed by atoms with E-state index in [1.54, 1.807) is 6.20 Å². The van der Waals surface area contributed by atoms with E-state index in [1.165, 1.54) is 0 Å². The lowest BCUT2D eigenvalue weighted by atomic mass is 10.1. The maximum atomic E-state index is 12.6. The summed E-state index contributed by atoms with van der Waals surface area (Å²) in [6.07, 6.45) is 5.83. The Labute approximate surface area is 134 Å². The number of nitrogens with zero attached hydrogens (tertiary/aromatic N) is 2. The molecule has 2 heterocycles. The van der Waals surface area contributed by atoms with E-state index >= 15 is 0 Å². The molecule has 1 aliphatic rings. The van der Waals surface area contributed by atoms with Crippen molar-refractivity contribution in [2.75, 3.05) is 0 Å². The fraction of sp³-hybridized carbons (Fsp3) is 0.278. The molecule has 1 aromatic carbocycles. The molecular formula is C18H18N4O. The Bertz CT molecular complexity index is 852. The summed E-state index contributed by atoms with van der Waals surface area (Å²) in [5.41, 5.74) is 3.93. The minimum Gasteiger partial charge on any atom is -0.345 e. The summed E-state index contributed by atoms with van der Waals surface area (Å²) < 4.78 is 0. The van der Waals surface area contributed by atoms with Crippen LogP contribution >= 0.6 is 0 Å². The number of carbonyl (C=O) groups excluding carboxylic acids is 1. The predicted molar refractivity (Wildman–Crippen MR) is 88.2 cm³/mol. The van der Waals surface area contributed by atoms with E-state index in [1.807, 2.05) is 43.5 Å². The zero-order chi connectivity index (χ0) is 15.8. The van der Waals surface area contributed by atoms with E-state index in [0.29, 0.717) is 22.6 Å². The SMILES string of the molecule is C[C@@H](NC(=O)c1c[nH]c2ncc(C3CC3)nc12)c1ccccc1. The fourth-order valence-corrected chi connectivity index (χ4v) is 2.75. The van der Waals surface area contributed by atoms with Crippen LogP contribution in [0.1, 0.15) is 53.3 Å². The third kappa shape index (κ3) is 2.70. The van der Waals surface area contributed by atoms with Crippen LogP contribution in [0.2, 0.25) is 0 Å². The van der Waals surface area contributed by atoms with E-state index in [0.717, 1.165) is 24.1 Å². The highest BCUT2D eigenvalue weighted by molar-refractivity contribution is 6.04. The number of carbonyl (C=O) groups is 1. The molecule has 3 aromatic rings. The van der Waals surface area contributed by atoms with Gasteiger partial charge in [-0.1, -0.05) is 30.3 Å². The molecule has 5 nitrogen and oxygen atoms in total. The summed E-state index contributed by atoms with van der Waals surface area (Å²) >= 11 is 0. The van der Waals surface area contributed by atoms with Crippen molar-refractivity contribution >= 4 is 17.1 Å². The first-order chi connectivity index (χ1) is 11.2. The van der Waals surface area contributed by atoms with Crippen LogP contribution in [0.4, 0.5) is 0 Å². The number of hydrogen-bond donors (Lipinski definition) is 2. The summed E-state index contributed by atoms with van der Waals surface area (Å²) in [6, 6.07) is 9.85. The second-order valence-corrected chi connectivity index (χ2v) is 6.07. The molecule has 1 aliphatic carbocycles. The van der Waals surface area contributed by atoms with Gasteiger partial charge in [0.25, 0.3) is 5.91 Å². The van der Waals surface area contributed by atoms with Gasteiger partial charge in [-0.25, -0.2) is 9.97 Å². The van der Waals surface area contributed by atoms with Gasteiger partial charge in [0.05, 0.1) is 23.5 Å². The van der Waals surface area contributed by atoms with Crippen LogP contribution in [-0.4, -0.2) is 20.9 Å². The van der Waals surface area contributed by atoms with Gasteiger partial charge in [0.1, 0.15) is 5.52 Å². The maximum absolute atomic E-state index is 12.6. The molecule has 1 saturated carbocycles. The van der Waals surface area contributed by atoms with Gasteiger partial charge in [-0.3, -0.25) is 4.79 Å². The van der Waals surface area contributed by atoms with Gasteiger partial charge in [0.15, 0.2) is 5.65 Å². The first kappa shape index (κ1) is 13.9. The van der Waals surface area contributed by atoms with Gasteiger partial charge in [0.2, 0.25) is 0 Å². The molecule has 4 rings (SSSR count). The second kappa shape index (κ2) is 5.50. The highest BCUT2D eigenvalue weighted by Crippen LogP contribution is 2.39. The predicted octanol–water partition coefficient (Wildman–Crippen LogP) is 3.33. The molecule has 0 aliphatic heterocycles. The Morgan fingerprint density at radius 1 is 1.30 bits per heavy atom. The molecule has 23 heavy (non-hydrogen) atoms. The van der Waals surface area contributed by atoms with Gasteiger partial charge in [-0.2, -0.15) is 0 Å². The van der Waals surface area contributed by atoms with Crippen molar-refractivity contribution in [3.8, 4) is 0 Å². The van der Waals surface area contributed by atoms with E-state index in [4.69, 9.17) is 0 Å². The number of benzene rings is 1. The molecule has 0 unspecified atom stereocenters. The Balaban J connectivity index is 1.60. The molecular weight excluding hydrogens is 288 g/mol. The molecule has 5 heteroatoms. The molecule has 1 amide bonds. The number of nitrogens with one attached hydrogen (secondary N) is 2. The lowest BCUT2D eigenvalue weighted by Gasteiger charge is -2.13. The third-order valence-corrected chi connectivity index (χ3v) is 4.29. The smallest absolute Gasteiger partial charge is 0.255 e. The average molecular weight is 306 g/mol. The number of hydrogen-bond acceptors (Lipinski definition) is 3. The summed E-state index contributed by atoms with van der Waals surface area (Å²) in [7, 11) is 0. The standard InChI is InChI=1S/C18H18N4O/c1-11(12-5-3-2-4-6-12)21-18(23)14-9-19-17-16(14)22-15(10-20-17)13-7-8-13/h2-6,9-11,13H,7-8H2,1H3,(H,19,20)(H,21,23)/t11-/m1/s1. The largest absolute Gasteiger partial charge is 0.345 e. The second-order valence-electron chi connectivity index (χ2n) is 6.07. The summed E-state index contributed by atoms with van der Waals surface area (Å²) in [5, 5.41) is 3.03. The van der Waals surface area contributed by atoms with Crippen molar-refractivity contribution < 1.29 is 4.79 Å². The number of fused-ring (bicyclic) bond motifs is 1. The number of aromatic nitrogens is 3. The number of amides is 1. The van der Waals surface area contributed by atoms with E-state index < -0.39 is 0 Å². The highest BCUT2D eigenvalue weighted by Gasteiger charge is 2.26. The Hall–Kier alpha value is -2.69. The van der Waals surface area contributed by atoms with Crippen molar-refractivity contribution in [1.82, 2.24) is 20.3 Å². The summed E-state index contributed by atoms with van der Waals surface area (Å²) in [4.78, 5) is 24.7. The van der Waals surface area contributed by atoms with Crippen LogP contribution in [0, 0.1) is 0 Å². The van der Waals surface area contributed by atoms with Crippen molar-refractivity contribution in [3.05, 3.63) is 59.5 Å². The van der Waals surface area contributed by atoms with E-state index in [-0.39, 0.29) is 11.9 Å². The zero-order valence-electron chi connectivity index (χ0n) is 12.9. The monoisotopic (exact) mass is 306 g/mol. The highest BCUT2D eigenvalue weighted by atomic mass is 16.1. The van der Waals surface area contributed by atoms with Crippen LogP contribution in [0.15, 0.2) is 42.7 Å². The molecule has 1 fully saturated rings.